The van der Waals surface area contributed by atoms with E-state index in [1.54, 1.807) is 6.07 Å². The number of benzene rings is 2. The number of carbonyl (C=O) groups is 1. The van der Waals surface area contributed by atoms with E-state index in [1.165, 1.54) is 25.0 Å². The summed E-state index contributed by atoms with van der Waals surface area (Å²) in [6.45, 7) is 1.51. The van der Waals surface area contributed by atoms with Crippen molar-refractivity contribution in [3.8, 4) is 11.1 Å². The first-order valence-corrected chi connectivity index (χ1v) is 9.85. The van der Waals surface area contributed by atoms with Gasteiger partial charge in [-0.1, -0.05) is 37.1 Å². The Bertz CT molecular complexity index is 833. The molecular formula is C23H26FNO2. The first-order chi connectivity index (χ1) is 13.1. The Kier molecular flexibility index (Phi) is 5.00. The summed E-state index contributed by atoms with van der Waals surface area (Å²) in [5.41, 5.74) is 2.08. The van der Waals surface area contributed by atoms with Crippen LogP contribution in [0.5, 0.6) is 0 Å². The van der Waals surface area contributed by atoms with Gasteiger partial charge in [-0.05, 0) is 60.6 Å². The lowest BCUT2D eigenvalue weighted by Crippen LogP contribution is -2.48. The van der Waals surface area contributed by atoms with Gasteiger partial charge in [0.25, 0.3) is 5.91 Å². The summed E-state index contributed by atoms with van der Waals surface area (Å²) in [6, 6.07) is 13.8. The molecule has 1 heterocycles. The zero-order valence-electron chi connectivity index (χ0n) is 15.5. The lowest BCUT2D eigenvalue weighted by atomic mass is 9.76. The SMILES string of the molecule is O=C(c1cccc(-c2cccc(F)c2)c1)N1CCCC(CO)(CC2CC2)C1. The summed E-state index contributed by atoms with van der Waals surface area (Å²) in [5.74, 6) is 0.443. The molecule has 1 unspecified atom stereocenters. The van der Waals surface area contributed by atoms with Gasteiger partial charge < -0.3 is 10.0 Å². The van der Waals surface area contributed by atoms with Crippen LogP contribution in [0.15, 0.2) is 48.5 Å². The molecule has 0 aromatic heterocycles. The Morgan fingerprint density at radius 3 is 2.59 bits per heavy atom. The third kappa shape index (κ3) is 4.06. The molecule has 2 aromatic carbocycles. The van der Waals surface area contributed by atoms with Gasteiger partial charge in [-0.15, -0.1) is 0 Å². The molecule has 1 amide bonds. The van der Waals surface area contributed by atoms with Gasteiger partial charge in [0, 0.05) is 24.1 Å². The van der Waals surface area contributed by atoms with Crippen LogP contribution in [0, 0.1) is 17.2 Å². The summed E-state index contributed by atoms with van der Waals surface area (Å²) in [5, 5.41) is 10.0. The van der Waals surface area contributed by atoms with Crippen molar-refractivity contribution in [2.24, 2.45) is 11.3 Å². The number of aliphatic hydroxyl groups excluding tert-OH is 1. The van der Waals surface area contributed by atoms with Crippen LogP contribution < -0.4 is 0 Å². The van der Waals surface area contributed by atoms with Gasteiger partial charge in [0.1, 0.15) is 5.82 Å². The Hall–Kier alpha value is -2.20. The predicted octanol–water partition coefficient (Wildman–Crippen LogP) is 4.51. The van der Waals surface area contributed by atoms with Gasteiger partial charge in [-0.25, -0.2) is 4.39 Å². The molecule has 0 spiro atoms. The number of rotatable bonds is 5. The lowest BCUT2D eigenvalue weighted by molar-refractivity contribution is 0.0196. The molecule has 2 aromatic rings. The largest absolute Gasteiger partial charge is 0.396 e. The normalized spacial score (nSPS) is 22.7. The van der Waals surface area contributed by atoms with Crippen LogP contribution in [0.1, 0.15) is 42.5 Å². The lowest BCUT2D eigenvalue weighted by Gasteiger charge is -2.42. The predicted molar refractivity (Wildman–Crippen MR) is 104 cm³/mol. The smallest absolute Gasteiger partial charge is 0.253 e. The Morgan fingerprint density at radius 1 is 1.15 bits per heavy atom. The number of likely N-dealkylation sites (tertiary alicyclic amines) is 1. The highest BCUT2D eigenvalue weighted by Crippen LogP contribution is 2.44. The van der Waals surface area contributed by atoms with Crippen molar-refractivity contribution in [3.05, 3.63) is 59.9 Å². The first-order valence-electron chi connectivity index (χ1n) is 9.85. The second-order valence-electron chi connectivity index (χ2n) is 8.23. The number of hydrogen-bond donors (Lipinski definition) is 1. The van der Waals surface area contributed by atoms with Crippen molar-refractivity contribution in [2.75, 3.05) is 19.7 Å². The van der Waals surface area contributed by atoms with Gasteiger partial charge in [0.15, 0.2) is 0 Å². The topological polar surface area (TPSA) is 40.5 Å². The number of hydrogen-bond acceptors (Lipinski definition) is 2. The molecular weight excluding hydrogens is 341 g/mol. The van der Waals surface area contributed by atoms with E-state index in [0.717, 1.165) is 42.9 Å². The molecule has 1 saturated carbocycles. The van der Waals surface area contributed by atoms with E-state index < -0.39 is 0 Å². The minimum absolute atomic E-state index is 0.00146. The van der Waals surface area contributed by atoms with Crippen LogP contribution in [0.25, 0.3) is 11.1 Å². The molecule has 3 nitrogen and oxygen atoms in total. The zero-order valence-corrected chi connectivity index (χ0v) is 15.5. The number of carbonyl (C=O) groups excluding carboxylic acids is 1. The molecule has 2 aliphatic rings. The van der Waals surface area contributed by atoms with E-state index in [0.29, 0.717) is 12.1 Å². The highest BCUT2D eigenvalue weighted by molar-refractivity contribution is 5.95. The molecule has 4 rings (SSSR count). The fourth-order valence-corrected chi connectivity index (χ4v) is 4.36. The van der Waals surface area contributed by atoms with E-state index in [2.05, 4.69) is 0 Å². The van der Waals surface area contributed by atoms with Crippen molar-refractivity contribution in [3.63, 3.8) is 0 Å². The Labute approximate surface area is 159 Å². The van der Waals surface area contributed by atoms with Gasteiger partial charge in [-0.2, -0.15) is 0 Å². The molecule has 1 aliphatic carbocycles. The van der Waals surface area contributed by atoms with Crippen molar-refractivity contribution < 1.29 is 14.3 Å². The van der Waals surface area contributed by atoms with E-state index in [1.807, 2.05) is 35.2 Å². The summed E-state index contributed by atoms with van der Waals surface area (Å²) >= 11 is 0. The van der Waals surface area contributed by atoms with Gasteiger partial charge in [-0.3, -0.25) is 4.79 Å². The molecule has 1 atom stereocenters. The molecule has 2 fully saturated rings. The highest BCUT2D eigenvalue weighted by Gasteiger charge is 2.41. The maximum Gasteiger partial charge on any atom is 0.253 e. The first kappa shape index (κ1) is 18.2. The zero-order chi connectivity index (χ0) is 18.9. The summed E-state index contributed by atoms with van der Waals surface area (Å²) in [7, 11) is 0. The van der Waals surface area contributed by atoms with Crippen LogP contribution in [0.2, 0.25) is 0 Å². The van der Waals surface area contributed by atoms with Crippen LogP contribution in [-0.4, -0.2) is 35.6 Å². The molecule has 1 aliphatic heterocycles. The summed E-state index contributed by atoms with van der Waals surface area (Å²) < 4.78 is 13.5. The van der Waals surface area contributed by atoms with Gasteiger partial charge in [0.05, 0.1) is 6.61 Å². The number of amides is 1. The summed E-state index contributed by atoms with van der Waals surface area (Å²) in [4.78, 5) is 15.0. The maximum absolute atomic E-state index is 13.5. The monoisotopic (exact) mass is 367 g/mol. The van der Waals surface area contributed by atoms with Crippen LogP contribution in [0.4, 0.5) is 4.39 Å². The van der Waals surface area contributed by atoms with Crippen LogP contribution >= 0.6 is 0 Å². The Morgan fingerprint density at radius 2 is 1.89 bits per heavy atom. The molecule has 27 heavy (non-hydrogen) atoms. The average molecular weight is 367 g/mol. The highest BCUT2D eigenvalue weighted by atomic mass is 19.1. The third-order valence-electron chi connectivity index (χ3n) is 5.97. The van der Waals surface area contributed by atoms with Crippen molar-refractivity contribution in [2.45, 2.75) is 32.1 Å². The minimum Gasteiger partial charge on any atom is -0.396 e. The van der Waals surface area contributed by atoms with Crippen molar-refractivity contribution >= 4 is 5.91 Å². The number of aliphatic hydroxyl groups is 1. The fourth-order valence-electron chi connectivity index (χ4n) is 4.36. The van der Waals surface area contributed by atoms with Crippen molar-refractivity contribution in [1.82, 2.24) is 4.90 Å². The molecule has 0 radical (unpaired) electrons. The molecule has 0 bridgehead atoms. The number of piperidine rings is 1. The quantitative estimate of drug-likeness (QED) is 0.845. The standard InChI is InChI=1S/C23H26FNO2/c24-21-7-2-5-19(13-21)18-4-1-6-20(12-18)22(27)25-11-3-10-23(15-25,16-26)14-17-8-9-17/h1-2,4-7,12-13,17,26H,3,8-11,14-16H2. The minimum atomic E-state index is -0.284. The second-order valence-corrected chi connectivity index (χ2v) is 8.23. The van der Waals surface area contributed by atoms with E-state index in [9.17, 15) is 14.3 Å². The van der Waals surface area contributed by atoms with Crippen LogP contribution in [0.3, 0.4) is 0 Å². The van der Waals surface area contributed by atoms with E-state index in [-0.39, 0.29) is 23.7 Å². The van der Waals surface area contributed by atoms with Gasteiger partial charge in [0.2, 0.25) is 0 Å². The Balaban J connectivity index is 1.54. The molecule has 142 valence electrons. The molecule has 1 saturated heterocycles. The maximum atomic E-state index is 13.5. The third-order valence-corrected chi connectivity index (χ3v) is 5.97. The molecule has 1 N–H and O–H groups in total. The van der Waals surface area contributed by atoms with Crippen LogP contribution in [-0.2, 0) is 0 Å². The van der Waals surface area contributed by atoms with E-state index >= 15 is 0 Å². The number of halogens is 1. The number of nitrogens with zero attached hydrogens (tertiary/aromatic N) is 1. The van der Waals surface area contributed by atoms with E-state index in [4.69, 9.17) is 0 Å². The molecule has 4 heteroatoms. The summed E-state index contributed by atoms with van der Waals surface area (Å²) in [6.07, 6.45) is 5.46. The average Bonchev–Trinajstić information content (AvgIpc) is 3.51. The fraction of sp³-hybridized carbons (Fsp3) is 0.435. The second kappa shape index (κ2) is 7.43. The van der Waals surface area contributed by atoms with Gasteiger partial charge >= 0.3 is 0 Å². The van der Waals surface area contributed by atoms with Crippen molar-refractivity contribution in [1.29, 1.82) is 0 Å².